The van der Waals surface area contributed by atoms with Gasteiger partial charge in [0.05, 0.1) is 18.3 Å². The summed E-state index contributed by atoms with van der Waals surface area (Å²) in [5, 5.41) is 25.7. The number of ketones is 2. The van der Waals surface area contributed by atoms with Gasteiger partial charge in [-0.15, -0.1) is 5.06 Å². The van der Waals surface area contributed by atoms with Crippen LogP contribution >= 0.6 is 15.9 Å². The molecule has 4 aliphatic rings. The van der Waals surface area contributed by atoms with Crippen molar-refractivity contribution >= 4 is 38.6 Å². The minimum Gasteiger partial charge on any atom is -0.511 e. The number of piperidine rings is 2. The number of allylic oxidation sites excluding steroid dienone is 4. The highest BCUT2D eigenvalue weighted by atomic mass is 79.9. The van der Waals surface area contributed by atoms with E-state index in [-0.39, 0.29) is 20.2 Å². The summed E-state index contributed by atoms with van der Waals surface area (Å²) in [6.45, 7) is 16.4. The van der Waals surface area contributed by atoms with E-state index in [1.807, 2.05) is 62.9 Å². The first-order chi connectivity index (χ1) is 22.3. The molecule has 2 aliphatic heterocycles. The van der Waals surface area contributed by atoms with E-state index in [0.717, 1.165) is 69.3 Å². The van der Waals surface area contributed by atoms with Gasteiger partial charge in [-0.2, -0.15) is 5.06 Å². The topological polar surface area (TPSA) is 99.5 Å². The minimum absolute atomic E-state index is 0. The van der Waals surface area contributed by atoms with E-state index in [4.69, 9.17) is 9.68 Å². The molecule has 2 aromatic rings. The number of nitrogens with zero attached hydrogens (tertiary/aromatic N) is 2. The molecule has 47 heavy (non-hydrogen) atoms. The Morgan fingerprint density at radius 1 is 0.745 bits per heavy atom. The Labute approximate surface area is 289 Å². The van der Waals surface area contributed by atoms with E-state index in [2.05, 4.69) is 28.6 Å². The summed E-state index contributed by atoms with van der Waals surface area (Å²) in [5.74, 6) is 0.671. The largest absolute Gasteiger partial charge is 0.511 e. The number of carbonyl (C=O) groups is 2. The molecule has 9 heteroatoms. The van der Waals surface area contributed by atoms with Gasteiger partial charge < -0.3 is 19.9 Å². The third-order valence-electron chi connectivity index (χ3n) is 10.9. The van der Waals surface area contributed by atoms with Crippen LogP contribution in [-0.2, 0) is 19.3 Å². The van der Waals surface area contributed by atoms with Crippen LogP contribution in [0.25, 0.3) is 11.1 Å². The molecule has 2 aromatic carbocycles. The van der Waals surface area contributed by atoms with Crippen LogP contribution in [0.3, 0.4) is 0 Å². The van der Waals surface area contributed by atoms with Crippen molar-refractivity contribution in [3.63, 3.8) is 0 Å². The Morgan fingerprint density at radius 3 is 1.64 bits per heavy atom. The van der Waals surface area contributed by atoms with E-state index < -0.39 is 10.8 Å². The summed E-state index contributed by atoms with van der Waals surface area (Å²) in [7, 11) is 1.67. The molecule has 2 spiro atoms. The number of Topliss-reactive ketones (excluding diaryl/α,β-unsaturated/α-hetero) is 2. The second-order valence-corrected chi connectivity index (χ2v) is 14.4. The average molecular weight is 712 g/mol. The summed E-state index contributed by atoms with van der Waals surface area (Å²) in [4.78, 5) is 36.1. The van der Waals surface area contributed by atoms with Crippen molar-refractivity contribution in [2.75, 3.05) is 33.3 Å². The molecule has 256 valence electrons. The van der Waals surface area contributed by atoms with Gasteiger partial charge in [-0.25, -0.2) is 0 Å². The lowest BCUT2D eigenvalue weighted by Gasteiger charge is -2.37. The van der Waals surface area contributed by atoms with Gasteiger partial charge in [0.1, 0.15) is 17.8 Å². The van der Waals surface area contributed by atoms with E-state index in [1.165, 1.54) is 6.26 Å². The SMILES string of the molecule is C=CON1CCC2(CC1)CC(=O)C(c1c(C)ccc(Br)c1C)=C2O.CON1CCC2(CC1)CC(=O)C(c1c(C)ccc(C)c1C)=C2O.[HH].[HH]. The fourth-order valence-electron chi connectivity index (χ4n) is 7.86. The van der Waals surface area contributed by atoms with E-state index in [1.54, 1.807) is 7.11 Å². The van der Waals surface area contributed by atoms with Crippen LogP contribution in [0.2, 0.25) is 0 Å². The first kappa shape index (κ1) is 35.1. The van der Waals surface area contributed by atoms with Crippen molar-refractivity contribution in [3.05, 3.63) is 92.0 Å². The van der Waals surface area contributed by atoms with Gasteiger partial charge in [0, 0.05) is 57.2 Å². The maximum atomic E-state index is 12.8. The molecule has 2 fully saturated rings. The molecule has 0 atom stereocenters. The predicted molar refractivity (Wildman–Crippen MR) is 192 cm³/mol. The van der Waals surface area contributed by atoms with Crippen LogP contribution in [0.15, 0.2) is 53.1 Å². The van der Waals surface area contributed by atoms with Crippen LogP contribution in [0.1, 0.15) is 80.3 Å². The number of carbonyl (C=O) groups excluding carboxylic acids is 2. The number of aliphatic hydroxyl groups excluding tert-OH is 2. The van der Waals surface area contributed by atoms with Crippen LogP contribution in [-0.4, -0.2) is 65.2 Å². The maximum absolute atomic E-state index is 12.8. The van der Waals surface area contributed by atoms with Crippen molar-refractivity contribution in [1.29, 1.82) is 0 Å². The third-order valence-corrected chi connectivity index (χ3v) is 11.8. The number of aryl methyl sites for hydroxylation is 3. The lowest BCUT2D eigenvalue weighted by Crippen LogP contribution is -2.39. The zero-order valence-electron chi connectivity index (χ0n) is 28.5. The van der Waals surface area contributed by atoms with Crippen LogP contribution in [0.5, 0.6) is 0 Å². The first-order valence-corrected chi connectivity index (χ1v) is 17.2. The lowest BCUT2D eigenvalue weighted by atomic mass is 9.77. The fourth-order valence-corrected chi connectivity index (χ4v) is 8.19. The monoisotopic (exact) mass is 710 g/mol. The fraction of sp³-hybridized carbons (Fsp3) is 0.474. The number of rotatable bonds is 5. The maximum Gasteiger partial charge on any atom is 0.167 e. The van der Waals surface area contributed by atoms with E-state index >= 15 is 0 Å². The predicted octanol–water partition coefficient (Wildman–Crippen LogP) is 8.45. The van der Waals surface area contributed by atoms with Crippen LogP contribution < -0.4 is 0 Å². The smallest absolute Gasteiger partial charge is 0.167 e. The van der Waals surface area contributed by atoms with Crippen LogP contribution in [0.4, 0.5) is 0 Å². The Balaban J connectivity index is 0.000000255. The Morgan fingerprint density at radius 2 is 1.17 bits per heavy atom. The molecule has 2 heterocycles. The van der Waals surface area contributed by atoms with Crippen LogP contribution in [0, 0.1) is 45.4 Å². The molecule has 0 amide bonds. The third kappa shape index (κ3) is 6.35. The van der Waals surface area contributed by atoms with E-state index in [0.29, 0.717) is 55.7 Å². The molecule has 0 saturated carbocycles. The quantitative estimate of drug-likeness (QED) is 0.298. The summed E-state index contributed by atoms with van der Waals surface area (Å²) >= 11 is 3.53. The molecule has 2 aliphatic carbocycles. The molecule has 0 radical (unpaired) electrons. The van der Waals surface area contributed by atoms with Gasteiger partial charge in [-0.3, -0.25) is 9.59 Å². The average Bonchev–Trinajstić information content (AvgIpc) is 3.42. The van der Waals surface area contributed by atoms with Crippen molar-refractivity contribution in [2.24, 2.45) is 10.8 Å². The Bertz CT molecular complexity index is 1670. The molecule has 2 N–H and O–H groups in total. The van der Waals surface area contributed by atoms with Crippen molar-refractivity contribution in [1.82, 2.24) is 10.1 Å². The van der Waals surface area contributed by atoms with Gasteiger partial charge in [0.25, 0.3) is 0 Å². The normalized spacial score (nSPS) is 21.1. The minimum atomic E-state index is -0.450. The highest BCUT2D eigenvalue weighted by Crippen LogP contribution is 2.52. The van der Waals surface area contributed by atoms with Gasteiger partial charge in [-0.1, -0.05) is 40.7 Å². The molecule has 0 bridgehead atoms. The lowest BCUT2D eigenvalue weighted by molar-refractivity contribution is -0.158. The van der Waals surface area contributed by atoms with Gasteiger partial charge >= 0.3 is 0 Å². The number of hydrogen-bond donors (Lipinski definition) is 2. The van der Waals surface area contributed by atoms with Crippen molar-refractivity contribution < 1.29 is 32.3 Å². The summed E-state index contributed by atoms with van der Waals surface area (Å²) < 4.78 is 0.950. The second-order valence-electron chi connectivity index (χ2n) is 13.6. The summed E-state index contributed by atoms with van der Waals surface area (Å²) in [6, 6.07) is 8.05. The number of hydrogen-bond acceptors (Lipinski definition) is 8. The summed E-state index contributed by atoms with van der Waals surface area (Å²) in [6.07, 6.45) is 5.12. The summed E-state index contributed by atoms with van der Waals surface area (Å²) in [5.41, 5.74) is 7.30. The standard InChI is InChI=1S/C19H22BrNO3.C19H25NO3.2H2/c1-4-24-21-9-7-19(8-10-21)11-15(22)17(18(19)23)16-12(2)5-6-14(20)13(16)3;1-12-5-6-13(2)16(14(12)3)17-15(21)11-19(18(17)22)7-9-20(23-4)10-8-19;;/h4-6,23H,1,7-11H2,2-3H3;5-6,22H,7-11H2,1-4H3;2*1H. The molecule has 0 aromatic heterocycles. The van der Waals surface area contributed by atoms with Crippen molar-refractivity contribution in [3.8, 4) is 0 Å². The van der Waals surface area contributed by atoms with Gasteiger partial charge in [-0.05, 0) is 105 Å². The molecule has 6 rings (SSSR count). The number of aliphatic hydroxyl groups is 2. The number of benzene rings is 2. The van der Waals surface area contributed by atoms with Gasteiger partial charge in [0.15, 0.2) is 11.6 Å². The zero-order chi connectivity index (χ0) is 34.3. The molecule has 2 saturated heterocycles. The Hall–Kier alpha value is -3.24. The Kier molecular flexibility index (Phi) is 10.2. The van der Waals surface area contributed by atoms with Gasteiger partial charge in [0.2, 0.25) is 0 Å². The molecule has 0 unspecified atom stereocenters. The molecular weight excluding hydrogens is 660 g/mol. The zero-order valence-corrected chi connectivity index (χ0v) is 30.1. The molecular formula is C38H51BrN2O6. The first-order valence-electron chi connectivity index (χ1n) is 16.4. The van der Waals surface area contributed by atoms with E-state index in [9.17, 15) is 19.8 Å². The number of halogens is 1. The molecule has 8 nitrogen and oxygen atoms in total. The van der Waals surface area contributed by atoms with Crippen molar-refractivity contribution in [2.45, 2.75) is 73.1 Å². The number of hydroxylamine groups is 4. The second kappa shape index (κ2) is 13.7. The highest BCUT2D eigenvalue weighted by Gasteiger charge is 2.50. The highest BCUT2D eigenvalue weighted by molar-refractivity contribution is 9.10.